The number of nitrogen functional groups attached to an aromatic ring is 2. The Bertz CT molecular complexity index is 512. The van der Waals surface area contributed by atoms with Crippen molar-refractivity contribution in [2.24, 2.45) is 0 Å². The minimum absolute atomic E-state index is 0.0446. The SMILES string of the molecule is CCN(C(=O)CSc1nc(N)nc(N)n1)C1=CCCC1. The third-order valence-corrected chi connectivity index (χ3v) is 3.79. The van der Waals surface area contributed by atoms with Crippen molar-refractivity contribution in [2.45, 2.75) is 31.3 Å². The maximum absolute atomic E-state index is 12.2. The fourth-order valence-corrected chi connectivity index (χ4v) is 2.82. The van der Waals surface area contributed by atoms with Gasteiger partial charge in [-0.15, -0.1) is 0 Å². The van der Waals surface area contributed by atoms with E-state index in [1.54, 1.807) is 0 Å². The second kappa shape index (κ2) is 6.56. The van der Waals surface area contributed by atoms with Crippen LogP contribution in [-0.2, 0) is 4.79 Å². The molecule has 0 aromatic carbocycles. The Hall–Kier alpha value is -1.83. The van der Waals surface area contributed by atoms with Crippen molar-refractivity contribution in [3.63, 3.8) is 0 Å². The molecule has 108 valence electrons. The summed E-state index contributed by atoms with van der Waals surface area (Å²) in [6, 6.07) is 0. The Morgan fingerprint density at radius 1 is 1.35 bits per heavy atom. The Balaban J connectivity index is 1.96. The zero-order valence-electron chi connectivity index (χ0n) is 11.4. The van der Waals surface area contributed by atoms with Crippen molar-refractivity contribution in [1.82, 2.24) is 19.9 Å². The van der Waals surface area contributed by atoms with Crippen LogP contribution in [0, 0.1) is 0 Å². The van der Waals surface area contributed by atoms with E-state index in [1.807, 2.05) is 11.8 Å². The highest BCUT2D eigenvalue weighted by atomic mass is 32.2. The van der Waals surface area contributed by atoms with Gasteiger partial charge in [0.2, 0.25) is 17.8 Å². The number of carbonyl (C=O) groups excluding carboxylic acids is 1. The number of nitrogens with two attached hydrogens (primary N) is 2. The molecule has 0 atom stereocenters. The van der Waals surface area contributed by atoms with Gasteiger partial charge in [-0.25, -0.2) is 0 Å². The molecule has 20 heavy (non-hydrogen) atoms. The average Bonchev–Trinajstić information content (AvgIpc) is 2.90. The van der Waals surface area contributed by atoms with E-state index in [0.29, 0.717) is 11.7 Å². The summed E-state index contributed by atoms with van der Waals surface area (Å²) >= 11 is 1.22. The van der Waals surface area contributed by atoms with Crippen LogP contribution in [0.5, 0.6) is 0 Å². The van der Waals surface area contributed by atoms with Gasteiger partial charge in [-0.2, -0.15) is 15.0 Å². The number of hydrogen-bond acceptors (Lipinski definition) is 7. The van der Waals surface area contributed by atoms with Crippen molar-refractivity contribution in [3.05, 3.63) is 11.8 Å². The van der Waals surface area contributed by atoms with Crippen LogP contribution in [0.15, 0.2) is 16.9 Å². The van der Waals surface area contributed by atoms with Crippen molar-refractivity contribution in [3.8, 4) is 0 Å². The maximum Gasteiger partial charge on any atom is 0.237 e. The highest BCUT2D eigenvalue weighted by Gasteiger charge is 2.19. The number of hydrogen-bond donors (Lipinski definition) is 2. The van der Waals surface area contributed by atoms with E-state index in [1.165, 1.54) is 11.8 Å². The van der Waals surface area contributed by atoms with E-state index in [-0.39, 0.29) is 23.6 Å². The highest BCUT2D eigenvalue weighted by Crippen LogP contribution is 2.23. The van der Waals surface area contributed by atoms with Gasteiger partial charge in [0.15, 0.2) is 5.16 Å². The summed E-state index contributed by atoms with van der Waals surface area (Å²) in [6.45, 7) is 2.65. The van der Waals surface area contributed by atoms with Gasteiger partial charge in [-0.1, -0.05) is 17.8 Å². The summed E-state index contributed by atoms with van der Waals surface area (Å²) in [4.78, 5) is 25.6. The number of rotatable bonds is 5. The molecule has 8 heteroatoms. The van der Waals surface area contributed by atoms with E-state index in [0.717, 1.165) is 25.0 Å². The molecule has 4 N–H and O–H groups in total. The molecule has 0 saturated heterocycles. The molecule has 1 aromatic heterocycles. The number of carbonyl (C=O) groups is 1. The topological polar surface area (TPSA) is 111 Å². The molecule has 1 heterocycles. The van der Waals surface area contributed by atoms with Crippen LogP contribution >= 0.6 is 11.8 Å². The third-order valence-electron chi connectivity index (χ3n) is 2.96. The molecule has 0 spiro atoms. The van der Waals surface area contributed by atoms with Gasteiger partial charge in [-0.05, 0) is 26.2 Å². The molecule has 0 aliphatic heterocycles. The molecule has 0 fully saturated rings. The Kier molecular flexibility index (Phi) is 4.78. The average molecular weight is 294 g/mol. The first-order valence-corrected chi connectivity index (χ1v) is 7.48. The Morgan fingerprint density at radius 3 is 2.60 bits per heavy atom. The Labute approximate surface area is 121 Å². The molecule has 7 nitrogen and oxygen atoms in total. The van der Waals surface area contributed by atoms with Crippen molar-refractivity contribution in [2.75, 3.05) is 23.8 Å². The summed E-state index contributed by atoms with van der Waals surface area (Å²) in [5.74, 6) is 0.438. The fourth-order valence-electron chi connectivity index (χ4n) is 2.10. The van der Waals surface area contributed by atoms with E-state index >= 15 is 0 Å². The van der Waals surface area contributed by atoms with Gasteiger partial charge in [-0.3, -0.25) is 4.79 Å². The molecular weight excluding hydrogens is 276 g/mol. The van der Waals surface area contributed by atoms with Crippen LogP contribution in [0.1, 0.15) is 26.2 Å². The van der Waals surface area contributed by atoms with Crippen LogP contribution in [-0.4, -0.2) is 38.1 Å². The molecule has 2 rings (SSSR count). The summed E-state index contributed by atoms with van der Waals surface area (Å²) in [5, 5.41) is 0.375. The van der Waals surface area contributed by atoms with Crippen LogP contribution in [0.4, 0.5) is 11.9 Å². The lowest BCUT2D eigenvalue weighted by Gasteiger charge is -2.21. The van der Waals surface area contributed by atoms with Crippen LogP contribution < -0.4 is 11.5 Å². The maximum atomic E-state index is 12.2. The smallest absolute Gasteiger partial charge is 0.237 e. The molecule has 1 amide bonds. The third kappa shape index (κ3) is 3.60. The predicted octanol–water partition coefficient (Wildman–Crippen LogP) is 1.04. The van der Waals surface area contributed by atoms with Gasteiger partial charge in [0, 0.05) is 12.2 Å². The minimum Gasteiger partial charge on any atom is -0.368 e. The monoisotopic (exact) mass is 294 g/mol. The molecule has 0 radical (unpaired) electrons. The largest absolute Gasteiger partial charge is 0.368 e. The summed E-state index contributed by atoms with van der Waals surface area (Å²) < 4.78 is 0. The summed E-state index contributed by atoms with van der Waals surface area (Å²) in [6.07, 6.45) is 5.26. The van der Waals surface area contributed by atoms with E-state index in [2.05, 4.69) is 21.0 Å². The van der Waals surface area contributed by atoms with Crippen molar-refractivity contribution >= 4 is 29.6 Å². The van der Waals surface area contributed by atoms with E-state index in [4.69, 9.17) is 11.5 Å². The van der Waals surface area contributed by atoms with Gasteiger partial charge in [0.25, 0.3) is 0 Å². The number of thioether (sulfide) groups is 1. The second-order valence-electron chi connectivity index (χ2n) is 4.35. The van der Waals surface area contributed by atoms with Crippen LogP contribution in [0.3, 0.4) is 0 Å². The summed E-state index contributed by atoms with van der Waals surface area (Å²) in [5.41, 5.74) is 12.1. The molecule has 0 unspecified atom stereocenters. The normalized spacial score (nSPS) is 14.2. The molecule has 1 aliphatic carbocycles. The first-order chi connectivity index (χ1) is 9.60. The summed E-state index contributed by atoms with van der Waals surface area (Å²) in [7, 11) is 0. The van der Waals surface area contributed by atoms with Crippen molar-refractivity contribution < 1.29 is 4.79 Å². The van der Waals surface area contributed by atoms with E-state index < -0.39 is 0 Å². The lowest BCUT2D eigenvalue weighted by molar-refractivity contribution is -0.126. The standard InChI is InChI=1S/C12H18N6OS/c1-2-18(8-5-3-4-6-8)9(19)7-20-12-16-10(13)15-11(14)17-12/h5H,2-4,6-7H2,1H3,(H4,13,14,15,16,17). The fraction of sp³-hybridized carbons (Fsp3) is 0.500. The zero-order chi connectivity index (χ0) is 14.5. The predicted molar refractivity (Wildman–Crippen MR) is 78.7 cm³/mol. The van der Waals surface area contributed by atoms with Gasteiger partial charge in [0.05, 0.1) is 5.75 Å². The first kappa shape index (κ1) is 14.6. The number of nitrogens with zero attached hydrogens (tertiary/aromatic N) is 4. The molecule has 1 aromatic rings. The number of aromatic nitrogens is 3. The molecular formula is C12H18N6OS. The van der Waals surface area contributed by atoms with Crippen LogP contribution in [0.25, 0.3) is 0 Å². The molecule has 0 bridgehead atoms. The van der Waals surface area contributed by atoms with E-state index in [9.17, 15) is 4.79 Å². The van der Waals surface area contributed by atoms with Gasteiger partial charge < -0.3 is 16.4 Å². The lowest BCUT2D eigenvalue weighted by atomic mass is 10.3. The van der Waals surface area contributed by atoms with Gasteiger partial charge in [0.1, 0.15) is 0 Å². The minimum atomic E-state index is 0.0446. The van der Waals surface area contributed by atoms with Crippen molar-refractivity contribution in [1.29, 1.82) is 0 Å². The lowest BCUT2D eigenvalue weighted by Crippen LogP contribution is -2.31. The number of anilines is 2. The zero-order valence-corrected chi connectivity index (χ0v) is 12.2. The highest BCUT2D eigenvalue weighted by molar-refractivity contribution is 7.99. The quantitative estimate of drug-likeness (QED) is 0.780. The first-order valence-electron chi connectivity index (χ1n) is 6.49. The second-order valence-corrected chi connectivity index (χ2v) is 5.29. The molecule has 1 aliphatic rings. The number of allylic oxidation sites excluding steroid dienone is 2. The Morgan fingerprint density at radius 2 is 2.05 bits per heavy atom. The van der Waals surface area contributed by atoms with Crippen LogP contribution in [0.2, 0.25) is 0 Å². The van der Waals surface area contributed by atoms with Gasteiger partial charge >= 0.3 is 0 Å². The molecule has 0 saturated carbocycles. The number of amides is 1.